The first kappa shape index (κ1) is 14.5. The molecule has 1 rings (SSSR count). The SMILES string of the molecule is CCN(CC)C(C)C(=O)Nc1cccc(N)c1C. The van der Waals surface area contributed by atoms with Crippen molar-refractivity contribution in [2.24, 2.45) is 0 Å². The van der Waals surface area contributed by atoms with Gasteiger partial charge < -0.3 is 11.1 Å². The van der Waals surface area contributed by atoms with Crippen LogP contribution in [0.4, 0.5) is 11.4 Å². The first-order valence-electron chi connectivity index (χ1n) is 6.41. The summed E-state index contributed by atoms with van der Waals surface area (Å²) in [7, 11) is 0. The van der Waals surface area contributed by atoms with E-state index >= 15 is 0 Å². The van der Waals surface area contributed by atoms with Gasteiger partial charge in [0.15, 0.2) is 0 Å². The fraction of sp³-hybridized carbons (Fsp3) is 0.500. The minimum atomic E-state index is -0.138. The van der Waals surface area contributed by atoms with Crippen LogP contribution in [0, 0.1) is 6.92 Å². The lowest BCUT2D eigenvalue weighted by atomic mass is 10.1. The maximum Gasteiger partial charge on any atom is 0.241 e. The average Bonchev–Trinajstić information content (AvgIpc) is 2.36. The van der Waals surface area contributed by atoms with E-state index in [9.17, 15) is 4.79 Å². The molecule has 0 aliphatic carbocycles. The summed E-state index contributed by atoms with van der Waals surface area (Å²) >= 11 is 0. The van der Waals surface area contributed by atoms with E-state index in [1.807, 2.05) is 32.0 Å². The molecular formula is C14H23N3O. The molecule has 0 bridgehead atoms. The molecule has 1 aromatic carbocycles. The van der Waals surface area contributed by atoms with Crippen LogP contribution in [0.25, 0.3) is 0 Å². The predicted molar refractivity (Wildman–Crippen MR) is 76.6 cm³/mol. The second-order valence-corrected chi connectivity index (χ2v) is 4.41. The molecule has 0 aliphatic heterocycles. The summed E-state index contributed by atoms with van der Waals surface area (Å²) in [6.07, 6.45) is 0. The number of nitrogens with zero attached hydrogens (tertiary/aromatic N) is 1. The van der Waals surface area contributed by atoms with Gasteiger partial charge in [-0.15, -0.1) is 0 Å². The Morgan fingerprint density at radius 1 is 1.39 bits per heavy atom. The van der Waals surface area contributed by atoms with E-state index in [1.54, 1.807) is 0 Å². The largest absolute Gasteiger partial charge is 0.398 e. The third-order valence-electron chi connectivity index (χ3n) is 3.37. The number of carbonyl (C=O) groups is 1. The third kappa shape index (κ3) is 3.23. The summed E-state index contributed by atoms with van der Waals surface area (Å²) in [5.41, 5.74) is 8.23. The predicted octanol–water partition coefficient (Wildman–Crippen LogP) is 2.25. The highest BCUT2D eigenvalue weighted by molar-refractivity contribution is 5.95. The molecule has 4 nitrogen and oxygen atoms in total. The number of nitrogens with two attached hydrogens (primary N) is 1. The van der Waals surface area contributed by atoms with E-state index in [4.69, 9.17) is 5.73 Å². The molecule has 0 spiro atoms. The van der Waals surface area contributed by atoms with Crippen LogP contribution in [-0.2, 0) is 4.79 Å². The monoisotopic (exact) mass is 249 g/mol. The molecule has 4 heteroatoms. The van der Waals surface area contributed by atoms with Crippen LogP contribution in [0.5, 0.6) is 0 Å². The van der Waals surface area contributed by atoms with Crippen molar-refractivity contribution in [3.05, 3.63) is 23.8 Å². The highest BCUT2D eigenvalue weighted by Crippen LogP contribution is 2.20. The van der Waals surface area contributed by atoms with Gasteiger partial charge in [0.25, 0.3) is 0 Å². The number of amides is 1. The van der Waals surface area contributed by atoms with Gasteiger partial charge in [0.05, 0.1) is 6.04 Å². The Morgan fingerprint density at radius 2 is 2.00 bits per heavy atom. The van der Waals surface area contributed by atoms with Gasteiger partial charge in [0, 0.05) is 11.4 Å². The third-order valence-corrected chi connectivity index (χ3v) is 3.37. The maximum atomic E-state index is 12.1. The average molecular weight is 249 g/mol. The first-order valence-corrected chi connectivity index (χ1v) is 6.41. The zero-order valence-corrected chi connectivity index (χ0v) is 11.7. The number of nitrogen functional groups attached to an aromatic ring is 1. The lowest BCUT2D eigenvalue weighted by molar-refractivity contribution is -0.120. The molecule has 0 heterocycles. The van der Waals surface area contributed by atoms with Crippen molar-refractivity contribution in [2.45, 2.75) is 33.7 Å². The van der Waals surface area contributed by atoms with Crippen molar-refractivity contribution in [3.63, 3.8) is 0 Å². The molecule has 0 fully saturated rings. The molecule has 1 atom stereocenters. The number of rotatable bonds is 5. The second kappa shape index (κ2) is 6.40. The van der Waals surface area contributed by atoms with Crippen molar-refractivity contribution >= 4 is 17.3 Å². The fourth-order valence-electron chi connectivity index (χ4n) is 1.96. The Labute approximate surface area is 109 Å². The summed E-state index contributed by atoms with van der Waals surface area (Å²) in [4.78, 5) is 14.2. The van der Waals surface area contributed by atoms with Crippen LogP contribution in [-0.4, -0.2) is 29.9 Å². The summed E-state index contributed by atoms with van der Waals surface area (Å²) in [6.45, 7) is 9.66. The normalized spacial score (nSPS) is 12.5. The Hall–Kier alpha value is -1.55. The molecule has 1 unspecified atom stereocenters. The van der Waals surface area contributed by atoms with Crippen molar-refractivity contribution in [1.82, 2.24) is 4.90 Å². The van der Waals surface area contributed by atoms with Crippen LogP contribution in [0.3, 0.4) is 0 Å². The molecule has 100 valence electrons. The lowest BCUT2D eigenvalue weighted by Crippen LogP contribution is -2.41. The smallest absolute Gasteiger partial charge is 0.241 e. The standard InChI is InChI=1S/C14H23N3O/c1-5-17(6-2)11(4)14(18)16-13-9-7-8-12(15)10(13)3/h7-9,11H,5-6,15H2,1-4H3,(H,16,18). The number of nitrogens with one attached hydrogen (secondary N) is 1. The van der Waals surface area contributed by atoms with Crippen LogP contribution in [0.1, 0.15) is 26.3 Å². The van der Waals surface area contributed by atoms with E-state index in [2.05, 4.69) is 24.1 Å². The van der Waals surface area contributed by atoms with E-state index in [-0.39, 0.29) is 11.9 Å². The minimum Gasteiger partial charge on any atom is -0.398 e. The van der Waals surface area contributed by atoms with Crippen LogP contribution in [0.15, 0.2) is 18.2 Å². The molecule has 0 radical (unpaired) electrons. The van der Waals surface area contributed by atoms with Gasteiger partial charge in [-0.25, -0.2) is 0 Å². The van der Waals surface area contributed by atoms with Crippen LogP contribution < -0.4 is 11.1 Å². The zero-order valence-electron chi connectivity index (χ0n) is 11.7. The summed E-state index contributed by atoms with van der Waals surface area (Å²) in [5.74, 6) is 0.00685. The highest BCUT2D eigenvalue weighted by Gasteiger charge is 2.19. The fourth-order valence-corrected chi connectivity index (χ4v) is 1.96. The topological polar surface area (TPSA) is 58.4 Å². The molecule has 0 aliphatic rings. The van der Waals surface area contributed by atoms with Gasteiger partial charge >= 0.3 is 0 Å². The maximum absolute atomic E-state index is 12.1. The minimum absolute atomic E-state index is 0.00685. The van der Waals surface area contributed by atoms with Crippen LogP contribution >= 0.6 is 0 Å². The molecule has 0 aromatic heterocycles. The van der Waals surface area contributed by atoms with Gasteiger partial charge in [0.1, 0.15) is 0 Å². The summed E-state index contributed by atoms with van der Waals surface area (Å²) in [6, 6.07) is 5.41. The van der Waals surface area contributed by atoms with Crippen molar-refractivity contribution in [3.8, 4) is 0 Å². The van der Waals surface area contributed by atoms with Crippen LogP contribution in [0.2, 0.25) is 0 Å². The first-order chi connectivity index (χ1) is 8.51. The van der Waals surface area contributed by atoms with Crippen molar-refractivity contribution in [1.29, 1.82) is 0 Å². The molecule has 1 amide bonds. The number of hydrogen-bond donors (Lipinski definition) is 2. The molecule has 18 heavy (non-hydrogen) atoms. The van der Waals surface area contributed by atoms with Gasteiger partial charge in [-0.2, -0.15) is 0 Å². The molecule has 0 saturated carbocycles. The van der Waals surface area contributed by atoms with Gasteiger partial charge in [-0.05, 0) is 44.6 Å². The summed E-state index contributed by atoms with van der Waals surface area (Å²) < 4.78 is 0. The number of hydrogen-bond acceptors (Lipinski definition) is 3. The molecule has 3 N–H and O–H groups in total. The zero-order chi connectivity index (χ0) is 13.7. The number of likely N-dealkylation sites (N-methyl/N-ethyl adjacent to an activating group) is 1. The molecule has 0 saturated heterocycles. The van der Waals surface area contributed by atoms with Gasteiger partial charge in [-0.3, -0.25) is 9.69 Å². The van der Waals surface area contributed by atoms with Crippen molar-refractivity contribution in [2.75, 3.05) is 24.1 Å². The van der Waals surface area contributed by atoms with E-state index in [0.29, 0.717) is 5.69 Å². The van der Waals surface area contributed by atoms with Gasteiger partial charge in [-0.1, -0.05) is 19.9 Å². The van der Waals surface area contributed by atoms with E-state index < -0.39 is 0 Å². The van der Waals surface area contributed by atoms with Crippen molar-refractivity contribution < 1.29 is 4.79 Å². The highest BCUT2D eigenvalue weighted by atomic mass is 16.2. The van der Waals surface area contributed by atoms with E-state index in [1.165, 1.54) is 0 Å². The molecule has 1 aromatic rings. The number of anilines is 2. The number of benzene rings is 1. The molecular weight excluding hydrogens is 226 g/mol. The Balaban J connectivity index is 2.78. The van der Waals surface area contributed by atoms with Gasteiger partial charge in [0.2, 0.25) is 5.91 Å². The van der Waals surface area contributed by atoms with E-state index in [0.717, 1.165) is 24.3 Å². The Bertz CT molecular complexity index is 414. The Morgan fingerprint density at radius 3 is 2.56 bits per heavy atom. The summed E-state index contributed by atoms with van der Waals surface area (Å²) in [5, 5.41) is 2.94. The Kier molecular flexibility index (Phi) is 5.16. The lowest BCUT2D eigenvalue weighted by Gasteiger charge is -2.25. The number of carbonyl (C=O) groups excluding carboxylic acids is 1. The quantitative estimate of drug-likeness (QED) is 0.787. The second-order valence-electron chi connectivity index (χ2n) is 4.41.